The highest BCUT2D eigenvalue weighted by Crippen LogP contribution is 2.34. The van der Waals surface area contributed by atoms with Crippen molar-refractivity contribution in [3.8, 4) is 10.4 Å². The maximum atomic E-state index is 14.1. The lowest BCUT2D eigenvalue weighted by molar-refractivity contribution is -0.141. The molecule has 13 heteroatoms. The zero-order valence-electron chi connectivity index (χ0n) is 29.8. The summed E-state index contributed by atoms with van der Waals surface area (Å²) in [5.41, 5.74) is 4.27. The highest BCUT2D eigenvalue weighted by atomic mass is 32.1. The van der Waals surface area contributed by atoms with Gasteiger partial charge in [-0.05, 0) is 64.5 Å². The summed E-state index contributed by atoms with van der Waals surface area (Å²) in [5.74, 6) is -0.415. The van der Waals surface area contributed by atoms with Crippen LogP contribution in [0.5, 0.6) is 0 Å². The average Bonchev–Trinajstić information content (AvgIpc) is 3.80. The zero-order valence-corrected chi connectivity index (χ0v) is 30.6. The van der Waals surface area contributed by atoms with Crippen molar-refractivity contribution < 1.29 is 28.8 Å². The third-order valence-electron chi connectivity index (χ3n) is 9.42. The quantitative estimate of drug-likeness (QED) is 0.296. The number of aryl methyl sites for hydroxylation is 1. The van der Waals surface area contributed by atoms with Crippen molar-refractivity contribution >= 4 is 35.1 Å². The lowest BCUT2D eigenvalue weighted by Gasteiger charge is -2.37. The Morgan fingerprint density at radius 3 is 2.39 bits per heavy atom. The van der Waals surface area contributed by atoms with E-state index in [1.807, 2.05) is 90.2 Å². The van der Waals surface area contributed by atoms with Crippen molar-refractivity contribution in [1.82, 2.24) is 25.3 Å². The molecule has 2 aromatic heterocycles. The normalized spacial score (nSPS) is 20.0. The molecular formula is C36H50N6O6S. The number of hydrogen-bond donors (Lipinski definition) is 2. The number of carbonyl (C=O) groups is 3. The Bertz CT molecular complexity index is 1610. The van der Waals surface area contributed by atoms with Crippen molar-refractivity contribution in [2.75, 3.05) is 31.6 Å². The Morgan fingerprint density at radius 1 is 1.12 bits per heavy atom. The summed E-state index contributed by atoms with van der Waals surface area (Å²) < 4.78 is 11.3. The first kappa shape index (κ1) is 36.3. The molecule has 49 heavy (non-hydrogen) atoms. The predicted octanol–water partition coefficient (Wildman–Crippen LogP) is 5.52. The Balaban J connectivity index is 1.23. The third-order valence-corrected chi connectivity index (χ3v) is 10.4. The number of anilines is 1. The molecule has 0 unspecified atom stereocenters. The van der Waals surface area contributed by atoms with E-state index in [1.54, 1.807) is 22.3 Å². The van der Waals surface area contributed by atoms with Gasteiger partial charge < -0.3 is 34.4 Å². The molecule has 2 N–H and O–H groups in total. The number of nitrogens with one attached hydrogen (secondary N) is 1. The van der Waals surface area contributed by atoms with Crippen molar-refractivity contribution in [3.05, 3.63) is 52.9 Å². The molecule has 3 aromatic rings. The molecule has 3 amide bonds. The number of amides is 3. The fraction of sp³-hybridized carbons (Fsp3) is 0.583. The smallest absolute Gasteiger partial charge is 0.410 e. The number of aliphatic hydroxyl groups excluding tert-OH is 1. The van der Waals surface area contributed by atoms with Crippen LogP contribution in [0, 0.1) is 12.8 Å². The second kappa shape index (κ2) is 14.9. The van der Waals surface area contributed by atoms with Crippen molar-refractivity contribution in [2.24, 2.45) is 5.92 Å². The summed E-state index contributed by atoms with van der Waals surface area (Å²) in [6, 6.07) is 8.83. The molecule has 4 heterocycles. The number of ether oxygens (including phenoxy) is 1. The summed E-state index contributed by atoms with van der Waals surface area (Å²) in [6.07, 6.45) is 0.515. The molecular weight excluding hydrogens is 644 g/mol. The molecule has 5 rings (SSSR count). The first-order valence-electron chi connectivity index (χ1n) is 17.1. The second-order valence-corrected chi connectivity index (χ2v) is 15.5. The summed E-state index contributed by atoms with van der Waals surface area (Å²) in [6.45, 7) is 14.5. The van der Waals surface area contributed by atoms with E-state index in [-0.39, 0.29) is 48.9 Å². The van der Waals surface area contributed by atoms with Gasteiger partial charge in [-0.1, -0.05) is 43.3 Å². The zero-order chi connectivity index (χ0) is 35.6. The lowest BCUT2D eigenvalue weighted by atomic mass is 9.91. The van der Waals surface area contributed by atoms with Gasteiger partial charge in [0, 0.05) is 45.2 Å². The minimum absolute atomic E-state index is 0.0640. The van der Waals surface area contributed by atoms with E-state index in [0.29, 0.717) is 24.7 Å². The first-order chi connectivity index (χ1) is 23.1. The van der Waals surface area contributed by atoms with E-state index in [9.17, 15) is 19.5 Å². The number of β-amino-alcohol motifs (C(OH)–C–C–N with tert-alkyl or cyclic N) is 1. The summed E-state index contributed by atoms with van der Waals surface area (Å²) in [4.78, 5) is 51.0. The van der Waals surface area contributed by atoms with Crippen LogP contribution in [0.15, 0.2) is 40.4 Å². The molecule has 266 valence electrons. The Hall–Kier alpha value is -3.97. The van der Waals surface area contributed by atoms with Gasteiger partial charge in [-0.25, -0.2) is 9.78 Å². The van der Waals surface area contributed by atoms with Gasteiger partial charge >= 0.3 is 6.09 Å². The number of carbonyl (C=O) groups excluding carboxylic acids is 3. The molecule has 2 fully saturated rings. The van der Waals surface area contributed by atoms with E-state index in [4.69, 9.17) is 9.26 Å². The van der Waals surface area contributed by atoms with E-state index in [2.05, 4.69) is 15.5 Å². The predicted molar refractivity (Wildman–Crippen MR) is 188 cm³/mol. The highest BCUT2D eigenvalue weighted by Gasteiger charge is 2.43. The molecule has 2 aliphatic heterocycles. The van der Waals surface area contributed by atoms with Gasteiger partial charge in [0.05, 0.1) is 28.2 Å². The number of nitrogens with zero attached hydrogens (tertiary/aromatic N) is 5. The fourth-order valence-electron chi connectivity index (χ4n) is 6.66. The Kier molecular flexibility index (Phi) is 11.0. The Morgan fingerprint density at radius 2 is 1.80 bits per heavy atom. The number of thiazole rings is 1. The highest BCUT2D eigenvalue weighted by molar-refractivity contribution is 7.13. The van der Waals surface area contributed by atoms with Crippen LogP contribution >= 0.6 is 11.3 Å². The van der Waals surface area contributed by atoms with Crippen LogP contribution in [0.3, 0.4) is 0 Å². The first-order valence-corrected chi connectivity index (χ1v) is 18.0. The van der Waals surface area contributed by atoms with Crippen LogP contribution in [0.2, 0.25) is 0 Å². The number of rotatable bonds is 9. The second-order valence-electron chi connectivity index (χ2n) is 14.6. The van der Waals surface area contributed by atoms with Gasteiger partial charge in [0.25, 0.3) is 0 Å². The molecule has 12 nitrogen and oxygen atoms in total. The monoisotopic (exact) mass is 694 g/mol. The van der Waals surface area contributed by atoms with Crippen molar-refractivity contribution in [3.63, 3.8) is 0 Å². The largest absolute Gasteiger partial charge is 0.444 e. The SMILES string of the molecule is Cc1ncsc1-c1ccc([C@H](C)NC(=O)[C@@H]2C[C@@H](O)CN2C(=O)[C@@H](c2cc(N(C)C3CCN(C(=O)OC(C)(C)C)CC3)no2)C(C)C)cc1. The van der Waals surface area contributed by atoms with Gasteiger partial charge in [0.2, 0.25) is 11.8 Å². The molecule has 1 aromatic carbocycles. The molecule has 0 radical (unpaired) electrons. The molecule has 4 atom stereocenters. The van der Waals surface area contributed by atoms with Crippen LogP contribution in [-0.4, -0.2) is 93.4 Å². The fourth-order valence-corrected chi connectivity index (χ4v) is 7.47. The maximum absolute atomic E-state index is 14.1. The van der Waals surface area contributed by atoms with Gasteiger partial charge in [0.15, 0.2) is 11.6 Å². The number of likely N-dealkylation sites (tertiary alicyclic amines) is 2. The number of hydrogen-bond acceptors (Lipinski definition) is 10. The van der Waals surface area contributed by atoms with Gasteiger partial charge in [0.1, 0.15) is 17.6 Å². The van der Waals surface area contributed by atoms with E-state index >= 15 is 0 Å². The van der Waals surface area contributed by atoms with E-state index < -0.39 is 23.7 Å². The van der Waals surface area contributed by atoms with Crippen molar-refractivity contribution in [2.45, 2.75) is 103 Å². The molecule has 2 aliphatic rings. The average molecular weight is 695 g/mol. The number of piperidine rings is 1. The number of benzene rings is 1. The molecule has 2 saturated heterocycles. The van der Waals surface area contributed by atoms with E-state index in [1.165, 1.54) is 4.90 Å². The summed E-state index contributed by atoms with van der Waals surface area (Å²) in [5, 5.41) is 18.0. The summed E-state index contributed by atoms with van der Waals surface area (Å²) in [7, 11) is 1.94. The van der Waals surface area contributed by atoms with Crippen LogP contribution < -0.4 is 10.2 Å². The topological polar surface area (TPSA) is 141 Å². The minimum Gasteiger partial charge on any atom is -0.444 e. The number of aliphatic hydroxyl groups is 1. The van der Waals surface area contributed by atoms with Crippen LogP contribution in [0.4, 0.5) is 10.6 Å². The van der Waals surface area contributed by atoms with Crippen molar-refractivity contribution in [1.29, 1.82) is 0 Å². The Labute approximate surface area is 292 Å². The summed E-state index contributed by atoms with van der Waals surface area (Å²) >= 11 is 1.59. The van der Waals surface area contributed by atoms with Crippen LogP contribution in [0.1, 0.15) is 89.8 Å². The number of aromatic nitrogens is 2. The minimum atomic E-state index is -0.814. The molecule has 0 bridgehead atoms. The van der Waals surface area contributed by atoms with Gasteiger partial charge in [-0.2, -0.15) is 0 Å². The molecule has 0 aliphatic carbocycles. The lowest BCUT2D eigenvalue weighted by Crippen LogP contribution is -2.48. The van der Waals surface area contributed by atoms with Gasteiger partial charge in [-0.3, -0.25) is 9.59 Å². The maximum Gasteiger partial charge on any atom is 0.410 e. The molecule has 0 spiro atoms. The molecule has 0 saturated carbocycles. The van der Waals surface area contributed by atoms with E-state index in [0.717, 1.165) is 34.5 Å². The van der Waals surface area contributed by atoms with Gasteiger partial charge in [-0.15, -0.1) is 11.3 Å². The standard InChI is InChI=1S/C36H50N6O6S/c1-21(2)31(29-18-30(39-48-29)40(8)26-13-15-41(16-14-26)35(46)47-36(5,6)7)34(45)42-19-27(43)17-28(42)33(44)38-22(3)24-9-11-25(12-10-24)32-23(4)37-20-49-32/h9-12,18,20-22,26-28,31,43H,13-17,19H2,1-8H3,(H,38,44)/t22-,27+,28-,31+/m0/s1. The van der Waals surface area contributed by atoms with Crippen LogP contribution in [-0.2, 0) is 14.3 Å². The third kappa shape index (κ3) is 8.43. The van der Waals surface area contributed by atoms with Crippen LogP contribution in [0.25, 0.3) is 10.4 Å².